The lowest BCUT2D eigenvalue weighted by molar-refractivity contribution is 0.0858. The highest BCUT2D eigenvalue weighted by molar-refractivity contribution is 6.37. The number of aromatic hydroxyl groups is 1. The van der Waals surface area contributed by atoms with Crippen molar-refractivity contribution >= 4 is 58.0 Å². The highest BCUT2D eigenvalue weighted by Crippen LogP contribution is 2.41. The Morgan fingerprint density at radius 2 is 1.76 bits per heavy atom. The number of nitrogens with one attached hydrogen (secondary N) is 1. The van der Waals surface area contributed by atoms with Gasteiger partial charge in [-0.2, -0.15) is 0 Å². The molecular formula is C29H36Cl3N3O2. The molecule has 5 nitrogen and oxygen atoms in total. The van der Waals surface area contributed by atoms with Crippen LogP contribution in [0.2, 0.25) is 10.0 Å². The molecule has 3 aromatic rings. The minimum Gasteiger partial charge on any atom is -0.505 e. The summed E-state index contributed by atoms with van der Waals surface area (Å²) in [6.07, 6.45) is 6.14. The predicted molar refractivity (Wildman–Crippen MR) is 158 cm³/mol. The van der Waals surface area contributed by atoms with Crippen LogP contribution in [0.4, 0.5) is 5.69 Å². The van der Waals surface area contributed by atoms with Crippen molar-refractivity contribution in [1.29, 1.82) is 0 Å². The fourth-order valence-corrected chi connectivity index (χ4v) is 5.88. The van der Waals surface area contributed by atoms with E-state index in [1.54, 1.807) is 18.3 Å². The van der Waals surface area contributed by atoms with E-state index in [1.807, 2.05) is 39.0 Å². The number of carbonyl (C=O) groups excluding carboxylic acids is 1. The van der Waals surface area contributed by atoms with Crippen LogP contribution >= 0.6 is 35.6 Å². The maximum Gasteiger partial charge on any atom is 0.171 e. The van der Waals surface area contributed by atoms with Crippen LogP contribution < -0.4 is 5.32 Å². The van der Waals surface area contributed by atoms with E-state index >= 15 is 0 Å². The largest absolute Gasteiger partial charge is 0.505 e. The zero-order chi connectivity index (χ0) is 26.4. The third-order valence-electron chi connectivity index (χ3n) is 7.34. The number of benzene rings is 2. The van der Waals surface area contributed by atoms with Gasteiger partial charge < -0.3 is 15.3 Å². The maximum atomic E-state index is 13.6. The van der Waals surface area contributed by atoms with Crippen molar-refractivity contribution in [2.24, 2.45) is 5.41 Å². The first-order valence-electron chi connectivity index (χ1n) is 12.4. The van der Waals surface area contributed by atoms with E-state index in [-0.39, 0.29) is 39.5 Å². The molecule has 0 saturated heterocycles. The zero-order valence-corrected chi connectivity index (χ0v) is 24.6. The fourth-order valence-electron chi connectivity index (χ4n) is 5.39. The molecule has 37 heavy (non-hydrogen) atoms. The number of carbonyl (C=O) groups is 1. The molecule has 1 fully saturated rings. The van der Waals surface area contributed by atoms with E-state index in [2.05, 4.69) is 36.2 Å². The van der Waals surface area contributed by atoms with Crippen molar-refractivity contribution < 1.29 is 9.90 Å². The van der Waals surface area contributed by atoms with Gasteiger partial charge in [-0.15, -0.1) is 12.4 Å². The van der Waals surface area contributed by atoms with E-state index in [9.17, 15) is 9.90 Å². The molecule has 1 aromatic heterocycles. The van der Waals surface area contributed by atoms with Gasteiger partial charge in [-0.3, -0.25) is 9.78 Å². The van der Waals surface area contributed by atoms with Gasteiger partial charge in [-0.1, -0.05) is 62.9 Å². The first-order chi connectivity index (χ1) is 16.8. The van der Waals surface area contributed by atoms with Gasteiger partial charge in [0.1, 0.15) is 0 Å². The first-order valence-corrected chi connectivity index (χ1v) is 13.2. The highest BCUT2D eigenvalue weighted by Gasteiger charge is 2.39. The second-order valence-corrected chi connectivity index (χ2v) is 12.2. The number of phenols is 1. The van der Waals surface area contributed by atoms with Crippen molar-refractivity contribution in [3.8, 4) is 16.9 Å². The number of halogens is 3. The highest BCUT2D eigenvalue weighted by atomic mass is 35.5. The second kappa shape index (κ2) is 11.0. The lowest BCUT2D eigenvalue weighted by Gasteiger charge is -2.46. The number of rotatable bonds is 5. The fraction of sp³-hybridized carbons (Fsp3) is 0.448. The molecule has 2 unspecified atom stereocenters. The van der Waals surface area contributed by atoms with Gasteiger partial charge in [0, 0.05) is 23.0 Å². The molecule has 0 spiro atoms. The molecule has 1 heterocycles. The molecule has 1 saturated carbocycles. The molecule has 2 aromatic carbocycles. The van der Waals surface area contributed by atoms with Gasteiger partial charge in [-0.05, 0) is 69.3 Å². The molecule has 0 radical (unpaired) electrons. The average molecular weight is 565 g/mol. The Hall–Kier alpha value is -2.05. The van der Waals surface area contributed by atoms with Crippen LogP contribution in [0.25, 0.3) is 22.0 Å². The Balaban J connectivity index is 0.00000380. The van der Waals surface area contributed by atoms with Crippen molar-refractivity contribution in [2.75, 3.05) is 19.4 Å². The summed E-state index contributed by atoms with van der Waals surface area (Å²) in [5.74, 6) is -0.0914. The Labute approximate surface area is 236 Å². The third kappa shape index (κ3) is 5.85. The van der Waals surface area contributed by atoms with Crippen molar-refractivity contribution in [3.63, 3.8) is 0 Å². The van der Waals surface area contributed by atoms with Crippen LogP contribution in [-0.2, 0) is 0 Å². The van der Waals surface area contributed by atoms with E-state index < -0.39 is 5.41 Å². The Morgan fingerprint density at radius 1 is 1.11 bits per heavy atom. The molecule has 1 aliphatic carbocycles. The van der Waals surface area contributed by atoms with Crippen LogP contribution in [-0.4, -0.2) is 46.4 Å². The Bertz CT molecular complexity index is 1300. The lowest BCUT2D eigenvalue weighted by atomic mass is 9.77. The first kappa shape index (κ1) is 29.5. The molecule has 0 aliphatic heterocycles. The molecule has 2 atom stereocenters. The second-order valence-electron chi connectivity index (χ2n) is 11.4. The number of fused-ring (bicyclic) bond motifs is 1. The number of nitrogens with zero attached hydrogens (tertiary/aromatic N) is 2. The number of ketones is 1. The van der Waals surface area contributed by atoms with Crippen LogP contribution in [0.3, 0.4) is 0 Å². The monoisotopic (exact) mass is 563 g/mol. The number of Topliss-reactive ketones (excluding diaryl/α,β-unsaturated/α-hetero) is 1. The SMILES string of the molecule is CN(C)C1CCCCC1(C)Nc1c(C(=O)C(C)(C)C)cnc2ccc(-c3cc(Cl)c(O)c(Cl)c3)cc12.Cl. The summed E-state index contributed by atoms with van der Waals surface area (Å²) in [4.78, 5) is 20.6. The zero-order valence-electron chi connectivity index (χ0n) is 22.3. The summed E-state index contributed by atoms with van der Waals surface area (Å²) in [5, 5.41) is 15.1. The summed E-state index contributed by atoms with van der Waals surface area (Å²) in [5.41, 5.74) is 3.07. The Kier molecular flexibility index (Phi) is 8.75. The van der Waals surface area contributed by atoms with E-state index in [4.69, 9.17) is 23.2 Å². The summed E-state index contributed by atoms with van der Waals surface area (Å²) in [6, 6.07) is 9.64. The van der Waals surface area contributed by atoms with Crippen LogP contribution in [0.5, 0.6) is 5.75 Å². The van der Waals surface area contributed by atoms with Crippen molar-refractivity contribution in [3.05, 3.63) is 52.1 Å². The number of hydrogen-bond donors (Lipinski definition) is 2. The summed E-state index contributed by atoms with van der Waals surface area (Å²) >= 11 is 12.4. The molecule has 200 valence electrons. The van der Waals surface area contributed by atoms with Gasteiger partial charge in [-0.25, -0.2) is 0 Å². The van der Waals surface area contributed by atoms with Crippen LogP contribution in [0.1, 0.15) is 63.7 Å². The number of pyridine rings is 1. The average Bonchev–Trinajstić information content (AvgIpc) is 2.81. The number of hydrogen-bond acceptors (Lipinski definition) is 5. The number of aromatic nitrogens is 1. The van der Waals surface area contributed by atoms with E-state index in [0.717, 1.165) is 47.0 Å². The molecule has 2 N–H and O–H groups in total. The predicted octanol–water partition coefficient (Wildman–Crippen LogP) is 8.24. The third-order valence-corrected chi connectivity index (χ3v) is 7.91. The number of phenolic OH excluding ortho intramolecular Hbond substituents is 1. The Morgan fingerprint density at radius 3 is 2.35 bits per heavy atom. The smallest absolute Gasteiger partial charge is 0.171 e. The van der Waals surface area contributed by atoms with Crippen LogP contribution in [0, 0.1) is 5.41 Å². The van der Waals surface area contributed by atoms with Crippen molar-refractivity contribution in [1.82, 2.24) is 9.88 Å². The van der Waals surface area contributed by atoms with E-state index in [1.165, 1.54) is 6.42 Å². The normalized spacial score (nSPS) is 20.1. The molecular weight excluding hydrogens is 529 g/mol. The quantitative estimate of drug-likeness (QED) is 0.306. The molecule has 8 heteroatoms. The van der Waals surface area contributed by atoms with Crippen LogP contribution in [0.15, 0.2) is 36.5 Å². The van der Waals surface area contributed by atoms with Gasteiger partial charge in [0.25, 0.3) is 0 Å². The summed E-state index contributed by atoms with van der Waals surface area (Å²) < 4.78 is 0. The molecule has 0 amide bonds. The number of likely N-dealkylation sites (N-methyl/N-ethyl adjacent to an activating group) is 1. The van der Waals surface area contributed by atoms with E-state index in [0.29, 0.717) is 11.6 Å². The van der Waals surface area contributed by atoms with Gasteiger partial charge >= 0.3 is 0 Å². The van der Waals surface area contributed by atoms with Crippen molar-refractivity contribution in [2.45, 2.75) is 65.0 Å². The van der Waals surface area contributed by atoms with Gasteiger partial charge in [0.05, 0.1) is 32.4 Å². The molecule has 0 bridgehead atoms. The standard InChI is InChI=1S/C29H35Cl2N3O2.ClH/c1-28(2,3)27(36)20-16-32-23-11-10-17(18-14-21(30)26(35)22(31)15-18)13-19(23)25(20)33-29(4)12-8-7-9-24(29)34(5)6;/h10-11,13-16,24,35H,7-9,12H2,1-6H3,(H,32,33);1H. The molecule has 4 rings (SSSR count). The van der Waals surface area contributed by atoms with Gasteiger partial charge in [0.2, 0.25) is 0 Å². The topological polar surface area (TPSA) is 65.5 Å². The molecule has 1 aliphatic rings. The lowest BCUT2D eigenvalue weighted by Crippen LogP contribution is -2.55. The number of anilines is 1. The summed E-state index contributed by atoms with van der Waals surface area (Å²) in [7, 11) is 4.25. The van der Waals surface area contributed by atoms with Gasteiger partial charge in [0.15, 0.2) is 11.5 Å². The minimum atomic E-state index is -0.560. The maximum absolute atomic E-state index is 13.6. The summed E-state index contributed by atoms with van der Waals surface area (Å²) in [6.45, 7) is 8.07. The minimum absolute atomic E-state index is 0.